The molecule has 0 radical (unpaired) electrons. The number of anilines is 1. The average molecular weight is 360 g/mol. The first-order chi connectivity index (χ1) is 13.4. The maximum Gasteiger partial charge on any atom is 0.120 e. The molecule has 1 saturated heterocycles. The number of ether oxygens (including phenoxy) is 2. The summed E-state index contributed by atoms with van der Waals surface area (Å²) in [5.41, 5.74) is 2.40. The SMILES string of the molecule is c1ccc(COc2ccc(OC3CCN(c4ccncc4)CC3)cc2)cc1. The Morgan fingerprint density at radius 1 is 0.815 bits per heavy atom. The Balaban J connectivity index is 1.25. The molecule has 2 aromatic carbocycles. The van der Waals surface area contributed by atoms with Gasteiger partial charge in [-0.1, -0.05) is 30.3 Å². The van der Waals surface area contributed by atoms with Crippen LogP contribution in [0.15, 0.2) is 79.1 Å². The second-order valence-corrected chi connectivity index (χ2v) is 6.76. The first-order valence-corrected chi connectivity index (χ1v) is 9.45. The van der Waals surface area contributed by atoms with Crippen molar-refractivity contribution in [2.24, 2.45) is 0 Å². The lowest BCUT2D eigenvalue weighted by Gasteiger charge is -2.33. The van der Waals surface area contributed by atoms with E-state index in [4.69, 9.17) is 9.47 Å². The van der Waals surface area contributed by atoms with Gasteiger partial charge in [0.2, 0.25) is 0 Å². The molecular formula is C23H24N2O2. The monoisotopic (exact) mass is 360 g/mol. The quantitative estimate of drug-likeness (QED) is 0.638. The smallest absolute Gasteiger partial charge is 0.120 e. The third kappa shape index (κ3) is 4.79. The molecule has 0 amide bonds. The van der Waals surface area contributed by atoms with Gasteiger partial charge in [0.25, 0.3) is 0 Å². The summed E-state index contributed by atoms with van der Waals surface area (Å²) in [6.45, 7) is 2.59. The lowest BCUT2D eigenvalue weighted by atomic mass is 10.1. The first-order valence-electron chi connectivity index (χ1n) is 9.45. The standard InChI is InChI=1S/C23H24N2O2/c1-2-4-19(5-3-1)18-26-21-6-8-22(9-7-21)27-23-12-16-25(17-13-23)20-10-14-24-15-11-20/h1-11,14-15,23H,12-13,16-18H2. The van der Waals surface area contributed by atoms with Crippen LogP contribution in [0.3, 0.4) is 0 Å². The fourth-order valence-corrected chi connectivity index (χ4v) is 3.33. The van der Waals surface area contributed by atoms with E-state index in [0.29, 0.717) is 6.61 Å². The van der Waals surface area contributed by atoms with Gasteiger partial charge in [-0.05, 0) is 42.0 Å². The van der Waals surface area contributed by atoms with E-state index in [0.717, 1.165) is 37.4 Å². The second kappa shape index (κ2) is 8.58. The summed E-state index contributed by atoms with van der Waals surface area (Å²) >= 11 is 0. The Hall–Kier alpha value is -3.01. The minimum absolute atomic E-state index is 0.263. The van der Waals surface area contributed by atoms with Crippen molar-refractivity contribution in [3.8, 4) is 11.5 Å². The highest BCUT2D eigenvalue weighted by molar-refractivity contribution is 5.45. The number of rotatable bonds is 6. The first kappa shape index (κ1) is 17.4. The molecule has 4 nitrogen and oxygen atoms in total. The van der Waals surface area contributed by atoms with Crippen LogP contribution in [0.4, 0.5) is 5.69 Å². The molecule has 0 unspecified atom stereocenters. The van der Waals surface area contributed by atoms with Crippen molar-refractivity contribution in [2.75, 3.05) is 18.0 Å². The maximum atomic E-state index is 6.16. The highest BCUT2D eigenvalue weighted by Gasteiger charge is 2.20. The fourth-order valence-electron chi connectivity index (χ4n) is 3.33. The van der Waals surface area contributed by atoms with Crippen molar-refractivity contribution >= 4 is 5.69 Å². The van der Waals surface area contributed by atoms with Crippen LogP contribution in [0, 0.1) is 0 Å². The summed E-state index contributed by atoms with van der Waals surface area (Å²) in [5.74, 6) is 1.77. The number of nitrogens with zero attached hydrogens (tertiary/aromatic N) is 2. The molecule has 0 bridgehead atoms. The van der Waals surface area contributed by atoms with Crippen LogP contribution < -0.4 is 14.4 Å². The van der Waals surface area contributed by atoms with Gasteiger partial charge in [-0.2, -0.15) is 0 Å². The summed E-state index contributed by atoms with van der Waals surface area (Å²) in [4.78, 5) is 6.48. The number of benzene rings is 2. The van der Waals surface area contributed by atoms with Crippen molar-refractivity contribution in [1.82, 2.24) is 4.98 Å². The molecule has 4 heteroatoms. The number of aromatic nitrogens is 1. The summed E-state index contributed by atoms with van der Waals surface area (Å²) in [7, 11) is 0. The summed E-state index contributed by atoms with van der Waals surface area (Å²) in [6, 6.07) is 22.3. The van der Waals surface area contributed by atoms with E-state index in [1.165, 1.54) is 11.3 Å². The van der Waals surface area contributed by atoms with Crippen LogP contribution in [-0.2, 0) is 6.61 Å². The molecule has 1 aliphatic rings. The predicted octanol–water partition coefficient (Wildman–Crippen LogP) is 4.71. The van der Waals surface area contributed by atoms with Gasteiger partial charge in [0.15, 0.2) is 0 Å². The van der Waals surface area contributed by atoms with Crippen molar-refractivity contribution < 1.29 is 9.47 Å². The lowest BCUT2D eigenvalue weighted by Crippen LogP contribution is -2.38. The highest BCUT2D eigenvalue weighted by atomic mass is 16.5. The zero-order chi connectivity index (χ0) is 18.3. The molecule has 1 fully saturated rings. The Kier molecular flexibility index (Phi) is 5.53. The van der Waals surface area contributed by atoms with Crippen LogP contribution in [0.5, 0.6) is 11.5 Å². The topological polar surface area (TPSA) is 34.6 Å². The van der Waals surface area contributed by atoms with Crippen LogP contribution >= 0.6 is 0 Å². The van der Waals surface area contributed by atoms with Gasteiger partial charge in [0.05, 0.1) is 0 Å². The third-order valence-electron chi connectivity index (χ3n) is 4.84. The lowest BCUT2D eigenvalue weighted by molar-refractivity contribution is 0.170. The third-order valence-corrected chi connectivity index (χ3v) is 4.84. The van der Waals surface area contributed by atoms with E-state index in [1.54, 1.807) is 0 Å². The van der Waals surface area contributed by atoms with Gasteiger partial charge in [-0.15, -0.1) is 0 Å². The van der Waals surface area contributed by atoms with E-state index in [1.807, 2.05) is 54.9 Å². The van der Waals surface area contributed by atoms with Crippen molar-refractivity contribution in [3.05, 3.63) is 84.7 Å². The Morgan fingerprint density at radius 2 is 1.48 bits per heavy atom. The van der Waals surface area contributed by atoms with E-state index in [2.05, 4.69) is 34.1 Å². The summed E-state index contributed by atoms with van der Waals surface area (Å²) in [5, 5.41) is 0. The number of hydrogen-bond donors (Lipinski definition) is 0. The largest absolute Gasteiger partial charge is 0.490 e. The normalized spacial score (nSPS) is 14.7. The molecule has 27 heavy (non-hydrogen) atoms. The zero-order valence-electron chi connectivity index (χ0n) is 15.3. The Morgan fingerprint density at radius 3 is 2.19 bits per heavy atom. The molecule has 0 spiro atoms. The summed E-state index contributed by atoms with van der Waals surface area (Å²) < 4.78 is 12.0. The van der Waals surface area contributed by atoms with Crippen LogP contribution in [-0.4, -0.2) is 24.2 Å². The van der Waals surface area contributed by atoms with Gasteiger partial charge in [0, 0.05) is 44.0 Å². The molecule has 2 heterocycles. The molecule has 138 valence electrons. The van der Waals surface area contributed by atoms with E-state index in [-0.39, 0.29) is 6.10 Å². The van der Waals surface area contributed by atoms with Gasteiger partial charge in [-0.3, -0.25) is 4.98 Å². The van der Waals surface area contributed by atoms with E-state index < -0.39 is 0 Å². The Bertz CT molecular complexity index is 814. The average Bonchev–Trinajstić information content (AvgIpc) is 2.75. The molecule has 3 aromatic rings. The van der Waals surface area contributed by atoms with Crippen LogP contribution in [0.2, 0.25) is 0 Å². The van der Waals surface area contributed by atoms with Gasteiger partial charge < -0.3 is 14.4 Å². The van der Waals surface area contributed by atoms with E-state index in [9.17, 15) is 0 Å². The number of piperidine rings is 1. The van der Waals surface area contributed by atoms with Crippen LogP contribution in [0.1, 0.15) is 18.4 Å². The van der Waals surface area contributed by atoms with Crippen molar-refractivity contribution in [1.29, 1.82) is 0 Å². The molecule has 1 aliphatic heterocycles. The molecule has 0 atom stereocenters. The fraction of sp³-hybridized carbons (Fsp3) is 0.261. The van der Waals surface area contributed by atoms with Crippen LogP contribution in [0.25, 0.3) is 0 Å². The van der Waals surface area contributed by atoms with Crippen molar-refractivity contribution in [2.45, 2.75) is 25.6 Å². The molecule has 0 saturated carbocycles. The molecular weight excluding hydrogens is 336 g/mol. The highest BCUT2D eigenvalue weighted by Crippen LogP contribution is 2.24. The Labute approximate surface area is 160 Å². The predicted molar refractivity (Wildman–Crippen MR) is 107 cm³/mol. The zero-order valence-corrected chi connectivity index (χ0v) is 15.3. The van der Waals surface area contributed by atoms with E-state index >= 15 is 0 Å². The number of pyridine rings is 1. The van der Waals surface area contributed by atoms with Gasteiger partial charge >= 0.3 is 0 Å². The van der Waals surface area contributed by atoms with Gasteiger partial charge in [0.1, 0.15) is 24.2 Å². The molecule has 4 rings (SSSR count). The van der Waals surface area contributed by atoms with Crippen molar-refractivity contribution in [3.63, 3.8) is 0 Å². The summed E-state index contributed by atoms with van der Waals surface area (Å²) in [6.07, 6.45) is 6.00. The minimum atomic E-state index is 0.263. The molecule has 0 N–H and O–H groups in total. The number of hydrogen-bond acceptors (Lipinski definition) is 4. The second-order valence-electron chi connectivity index (χ2n) is 6.76. The van der Waals surface area contributed by atoms with Gasteiger partial charge in [-0.25, -0.2) is 0 Å². The molecule has 1 aromatic heterocycles. The molecule has 0 aliphatic carbocycles. The minimum Gasteiger partial charge on any atom is -0.490 e. The maximum absolute atomic E-state index is 6.16.